The summed E-state index contributed by atoms with van der Waals surface area (Å²) in [7, 11) is 0. The number of hydrogen-bond acceptors (Lipinski definition) is 10. The first-order chi connectivity index (χ1) is 15.9. The predicted molar refractivity (Wildman–Crippen MR) is 123 cm³/mol. The topological polar surface area (TPSA) is 149 Å². The van der Waals surface area contributed by atoms with Gasteiger partial charge in [-0.2, -0.15) is 0 Å². The number of hydrogen-bond donors (Lipinski definition) is 1. The molecule has 0 aliphatic carbocycles. The van der Waals surface area contributed by atoms with Gasteiger partial charge in [0.25, 0.3) is 11.6 Å². The second-order valence-electron chi connectivity index (χ2n) is 8.64. The Bertz CT molecular complexity index is 1060. The fraction of sp³-hybridized carbons (Fsp3) is 0.455. The van der Waals surface area contributed by atoms with Crippen LogP contribution in [0.3, 0.4) is 0 Å². The molecule has 11 nitrogen and oxygen atoms in total. The number of benzene rings is 1. The number of amides is 1. The van der Waals surface area contributed by atoms with Crippen LogP contribution < -0.4 is 0 Å². The summed E-state index contributed by atoms with van der Waals surface area (Å²) in [5, 5.41) is 20.1. The molecule has 0 bridgehead atoms. The van der Waals surface area contributed by atoms with E-state index in [-0.39, 0.29) is 17.1 Å². The van der Waals surface area contributed by atoms with E-state index >= 15 is 0 Å². The lowest BCUT2D eigenvalue weighted by atomic mass is 10.0. The highest BCUT2D eigenvalue weighted by Crippen LogP contribution is 2.43. The molecule has 1 unspecified atom stereocenters. The number of aliphatic hydroxyl groups is 1. The summed E-state index contributed by atoms with van der Waals surface area (Å²) in [6.45, 7) is 5.68. The molecule has 2 heterocycles. The van der Waals surface area contributed by atoms with Crippen LogP contribution in [0, 0.1) is 10.1 Å². The van der Waals surface area contributed by atoms with Crippen LogP contribution >= 0.6 is 11.8 Å². The molecule has 12 heteroatoms. The van der Waals surface area contributed by atoms with Crippen molar-refractivity contribution in [3.8, 4) is 0 Å². The number of β-lactam (4-membered cyclic amide) rings is 1. The zero-order valence-electron chi connectivity index (χ0n) is 19.1. The molecule has 3 atom stereocenters. The minimum atomic E-state index is -1.09. The molecule has 0 saturated carbocycles. The number of fused-ring (bicyclic) bond motifs is 1. The summed E-state index contributed by atoms with van der Waals surface area (Å²) in [4.78, 5) is 53.4. The average molecular weight is 492 g/mol. The van der Waals surface area contributed by atoms with Crippen LogP contribution in [0.5, 0.6) is 0 Å². The van der Waals surface area contributed by atoms with Crippen molar-refractivity contribution in [2.75, 3.05) is 12.4 Å². The van der Waals surface area contributed by atoms with Gasteiger partial charge in [-0.25, -0.2) is 4.79 Å². The van der Waals surface area contributed by atoms with E-state index in [1.54, 1.807) is 20.8 Å². The van der Waals surface area contributed by atoms with Crippen LogP contribution in [0.4, 0.5) is 5.69 Å². The Kier molecular flexibility index (Phi) is 7.41. The average Bonchev–Trinajstić information content (AvgIpc) is 2.75. The Balaban J connectivity index is 1.88. The number of carbonyl (C=O) groups is 3. The lowest BCUT2D eigenvalue weighted by molar-refractivity contribution is -0.384. The van der Waals surface area contributed by atoms with Crippen LogP contribution in [0.25, 0.3) is 0 Å². The van der Waals surface area contributed by atoms with Crippen molar-refractivity contribution in [1.29, 1.82) is 0 Å². The molecule has 1 saturated heterocycles. The third-order valence-electron chi connectivity index (χ3n) is 4.91. The lowest BCUT2D eigenvalue weighted by Gasteiger charge is -2.48. The van der Waals surface area contributed by atoms with Crippen LogP contribution in [-0.4, -0.2) is 74.5 Å². The number of ether oxygens (including phenoxy) is 2. The number of rotatable bonds is 7. The number of aliphatic imine (C=N–C) groups is 1. The molecule has 1 aromatic carbocycles. The third-order valence-corrected chi connectivity index (χ3v) is 6.20. The first-order valence-corrected chi connectivity index (χ1v) is 11.4. The quantitative estimate of drug-likeness (QED) is 0.198. The Morgan fingerprint density at radius 2 is 2.00 bits per heavy atom. The predicted octanol–water partition coefficient (Wildman–Crippen LogP) is 1.82. The molecule has 1 N–H and O–H groups in total. The number of carbonyl (C=O) groups excluding carboxylic acids is 3. The molecule has 34 heavy (non-hydrogen) atoms. The normalized spacial score (nSPS) is 21.1. The van der Waals surface area contributed by atoms with E-state index < -0.39 is 52.5 Å². The first kappa shape index (κ1) is 25.4. The van der Waals surface area contributed by atoms with E-state index in [2.05, 4.69) is 4.99 Å². The molecule has 2 aliphatic heterocycles. The Morgan fingerprint density at radius 1 is 1.35 bits per heavy atom. The highest BCUT2D eigenvalue weighted by Gasteiger charge is 2.55. The minimum absolute atomic E-state index is 0.0502. The van der Waals surface area contributed by atoms with Crippen molar-refractivity contribution >= 4 is 41.5 Å². The monoisotopic (exact) mass is 491 g/mol. The number of aliphatic hydroxyl groups excluding tert-OH is 1. The van der Waals surface area contributed by atoms with Gasteiger partial charge in [-0.3, -0.25) is 29.6 Å². The number of nitrogens with zero attached hydrogens (tertiary/aromatic N) is 3. The van der Waals surface area contributed by atoms with E-state index in [0.29, 0.717) is 11.1 Å². The summed E-state index contributed by atoms with van der Waals surface area (Å²) in [6.07, 6.45) is 0.357. The highest BCUT2D eigenvalue weighted by molar-refractivity contribution is 8.00. The van der Waals surface area contributed by atoms with Gasteiger partial charge in [0, 0.05) is 36.6 Å². The molecule has 3 rings (SSSR count). The summed E-state index contributed by atoms with van der Waals surface area (Å²) >= 11 is 1.32. The SMILES string of the molecule is CC(=O)OC(CO)C1=C(C(=O)OC(C)(C)C)N2C(=O)[C@H](N=Cc3ccc([N+](=O)[O-])cc3)[C@H]2SC1. The number of nitro benzene ring substituents is 1. The molecule has 1 aromatic rings. The zero-order valence-corrected chi connectivity index (χ0v) is 19.9. The number of nitro groups is 1. The Morgan fingerprint density at radius 3 is 2.53 bits per heavy atom. The molecule has 1 fully saturated rings. The largest absolute Gasteiger partial charge is 0.455 e. The standard InChI is InChI=1S/C22H25N3O8S/c1-12(27)32-16(10-26)15-11-34-20-17(23-9-13-5-7-14(8-6-13)25(30)31)19(28)24(20)18(15)21(29)33-22(2,3)4/h5-9,16-17,20,26H,10-11H2,1-4H3/t16?,17-,20+/m0/s1. The van der Waals surface area contributed by atoms with Gasteiger partial charge >= 0.3 is 11.9 Å². The fourth-order valence-electron chi connectivity index (χ4n) is 3.46. The molecule has 0 spiro atoms. The molecule has 0 aromatic heterocycles. The van der Waals surface area contributed by atoms with Gasteiger partial charge in [-0.15, -0.1) is 11.8 Å². The molecule has 1 amide bonds. The Hall–Kier alpha value is -3.25. The second-order valence-corrected chi connectivity index (χ2v) is 9.74. The van der Waals surface area contributed by atoms with Gasteiger partial charge in [0.1, 0.15) is 22.8 Å². The lowest BCUT2D eigenvalue weighted by Crippen LogP contribution is -2.65. The van der Waals surface area contributed by atoms with Crippen molar-refractivity contribution in [1.82, 2.24) is 4.90 Å². The van der Waals surface area contributed by atoms with Gasteiger partial charge in [0.05, 0.1) is 11.5 Å². The zero-order chi connectivity index (χ0) is 25.2. The third kappa shape index (κ3) is 5.45. The van der Waals surface area contributed by atoms with Crippen molar-refractivity contribution in [2.45, 2.75) is 50.8 Å². The number of non-ortho nitro benzene ring substituents is 1. The van der Waals surface area contributed by atoms with E-state index in [1.807, 2.05) is 0 Å². The second kappa shape index (κ2) is 9.94. The van der Waals surface area contributed by atoms with E-state index in [9.17, 15) is 29.6 Å². The summed E-state index contributed by atoms with van der Waals surface area (Å²) in [5.41, 5.74) is -0.0781. The van der Waals surface area contributed by atoms with Crippen molar-refractivity contribution in [3.63, 3.8) is 0 Å². The van der Waals surface area contributed by atoms with E-state index in [1.165, 1.54) is 54.1 Å². The van der Waals surface area contributed by atoms with Crippen molar-refractivity contribution in [3.05, 3.63) is 51.2 Å². The van der Waals surface area contributed by atoms with Crippen molar-refractivity contribution < 1.29 is 33.9 Å². The van der Waals surface area contributed by atoms with Gasteiger partial charge in [-0.05, 0) is 38.5 Å². The first-order valence-electron chi connectivity index (χ1n) is 10.4. The summed E-state index contributed by atoms with van der Waals surface area (Å²) < 4.78 is 10.7. The van der Waals surface area contributed by atoms with Gasteiger partial charge in [-0.1, -0.05) is 0 Å². The van der Waals surface area contributed by atoms with Crippen molar-refractivity contribution in [2.24, 2.45) is 4.99 Å². The van der Waals surface area contributed by atoms with Crippen LogP contribution in [0.15, 0.2) is 40.5 Å². The minimum Gasteiger partial charge on any atom is -0.455 e. The molecular formula is C22H25N3O8S. The van der Waals surface area contributed by atoms with E-state index in [0.717, 1.165) is 0 Å². The maximum atomic E-state index is 13.0. The van der Waals surface area contributed by atoms with Crippen LogP contribution in [0.2, 0.25) is 0 Å². The molecular weight excluding hydrogens is 466 g/mol. The fourth-order valence-corrected chi connectivity index (χ4v) is 4.86. The van der Waals surface area contributed by atoms with E-state index in [4.69, 9.17) is 9.47 Å². The van der Waals surface area contributed by atoms with Crippen LogP contribution in [-0.2, 0) is 23.9 Å². The number of esters is 2. The summed E-state index contributed by atoms with van der Waals surface area (Å²) in [5.74, 6) is -1.63. The molecule has 2 aliphatic rings. The molecule has 182 valence electrons. The number of thioether (sulfide) groups is 1. The smallest absolute Gasteiger partial charge is 0.355 e. The Labute approximate surface area is 200 Å². The summed E-state index contributed by atoms with van der Waals surface area (Å²) in [6, 6.07) is 4.94. The van der Waals surface area contributed by atoms with Crippen LogP contribution in [0.1, 0.15) is 33.3 Å². The highest BCUT2D eigenvalue weighted by atomic mass is 32.2. The maximum Gasteiger partial charge on any atom is 0.355 e. The maximum absolute atomic E-state index is 13.0. The molecule has 0 radical (unpaired) electrons. The van der Waals surface area contributed by atoms with Gasteiger partial charge in [0.2, 0.25) is 0 Å². The van der Waals surface area contributed by atoms with Gasteiger partial charge < -0.3 is 14.6 Å². The van der Waals surface area contributed by atoms with Gasteiger partial charge in [0.15, 0.2) is 6.04 Å².